The maximum atomic E-state index is 3.24. The zero-order chi connectivity index (χ0) is 8.69. The zero-order valence-corrected chi connectivity index (χ0v) is 8.48. The van der Waals surface area contributed by atoms with E-state index in [0.717, 1.165) is 11.8 Å². The molecule has 0 radical (unpaired) electrons. The molecule has 0 spiro atoms. The molecule has 0 aliphatic carbocycles. The SMILES string of the molecule is CCC(CCC(C)C)CNC. The van der Waals surface area contributed by atoms with Gasteiger partial charge in [-0.1, -0.05) is 33.6 Å². The van der Waals surface area contributed by atoms with Crippen LogP contribution >= 0.6 is 0 Å². The van der Waals surface area contributed by atoms with Gasteiger partial charge in [0.15, 0.2) is 0 Å². The molecule has 0 fully saturated rings. The summed E-state index contributed by atoms with van der Waals surface area (Å²) < 4.78 is 0. The normalized spacial score (nSPS) is 13.9. The molecule has 1 N–H and O–H groups in total. The van der Waals surface area contributed by atoms with E-state index in [0.29, 0.717) is 0 Å². The van der Waals surface area contributed by atoms with Crippen molar-refractivity contribution in [1.29, 1.82) is 0 Å². The first-order chi connectivity index (χ1) is 5.20. The average Bonchev–Trinajstić information content (AvgIpc) is 1.97. The highest BCUT2D eigenvalue weighted by Crippen LogP contribution is 2.14. The summed E-state index contributed by atoms with van der Waals surface area (Å²) in [5.74, 6) is 1.75. The monoisotopic (exact) mass is 157 g/mol. The van der Waals surface area contributed by atoms with E-state index in [1.807, 2.05) is 7.05 Å². The lowest BCUT2D eigenvalue weighted by molar-refractivity contribution is 0.401. The first-order valence-corrected chi connectivity index (χ1v) is 4.85. The molecule has 1 unspecified atom stereocenters. The fourth-order valence-electron chi connectivity index (χ4n) is 1.31. The molecule has 0 aromatic carbocycles. The largest absolute Gasteiger partial charge is 0.319 e. The molecule has 1 nitrogen and oxygen atoms in total. The molecule has 1 atom stereocenters. The lowest BCUT2D eigenvalue weighted by Gasteiger charge is -2.14. The summed E-state index contributed by atoms with van der Waals surface area (Å²) in [6.45, 7) is 8.06. The van der Waals surface area contributed by atoms with E-state index < -0.39 is 0 Å². The van der Waals surface area contributed by atoms with Gasteiger partial charge in [0.05, 0.1) is 0 Å². The number of hydrogen-bond donors (Lipinski definition) is 1. The van der Waals surface area contributed by atoms with Crippen LogP contribution in [0.4, 0.5) is 0 Å². The van der Waals surface area contributed by atoms with Crippen molar-refractivity contribution >= 4 is 0 Å². The summed E-state index contributed by atoms with van der Waals surface area (Å²) in [6.07, 6.45) is 4.07. The van der Waals surface area contributed by atoms with Gasteiger partial charge in [-0.05, 0) is 31.8 Å². The van der Waals surface area contributed by atoms with Gasteiger partial charge in [0, 0.05) is 0 Å². The zero-order valence-electron chi connectivity index (χ0n) is 8.48. The van der Waals surface area contributed by atoms with Gasteiger partial charge in [-0.15, -0.1) is 0 Å². The first-order valence-electron chi connectivity index (χ1n) is 4.85. The summed E-state index contributed by atoms with van der Waals surface area (Å²) in [5, 5.41) is 3.24. The number of rotatable bonds is 6. The van der Waals surface area contributed by atoms with Crippen LogP contribution in [0, 0.1) is 11.8 Å². The third-order valence-electron chi connectivity index (χ3n) is 2.22. The Bertz CT molecular complexity index is 78.9. The molecule has 0 heterocycles. The van der Waals surface area contributed by atoms with Crippen LogP contribution in [0.1, 0.15) is 40.0 Å². The van der Waals surface area contributed by atoms with E-state index in [2.05, 4.69) is 26.1 Å². The average molecular weight is 157 g/mol. The van der Waals surface area contributed by atoms with E-state index in [-0.39, 0.29) is 0 Å². The second-order valence-corrected chi connectivity index (χ2v) is 3.80. The summed E-state index contributed by atoms with van der Waals surface area (Å²) in [6, 6.07) is 0. The van der Waals surface area contributed by atoms with Crippen LogP contribution in [0.25, 0.3) is 0 Å². The molecule has 0 aromatic rings. The first kappa shape index (κ1) is 11.0. The van der Waals surface area contributed by atoms with Gasteiger partial charge in [-0.3, -0.25) is 0 Å². The number of hydrogen-bond acceptors (Lipinski definition) is 1. The van der Waals surface area contributed by atoms with E-state index >= 15 is 0 Å². The lowest BCUT2D eigenvalue weighted by Crippen LogP contribution is -2.18. The van der Waals surface area contributed by atoms with Crippen molar-refractivity contribution in [3.8, 4) is 0 Å². The lowest BCUT2D eigenvalue weighted by atomic mass is 9.96. The molecule has 0 saturated heterocycles. The highest BCUT2D eigenvalue weighted by Gasteiger charge is 2.05. The van der Waals surface area contributed by atoms with Crippen molar-refractivity contribution in [2.24, 2.45) is 11.8 Å². The van der Waals surface area contributed by atoms with Gasteiger partial charge >= 0.3 is 0 Å². The van der Waals surface area contributed by atoms with Crippen LogP contribution < -0.4 is 5.32 Å². The molecule has 0 amide bonds. The van der Waals surface area contributed by atoms with E-state index in [1.54, 1.807) is 0 Å². The van der Waals surface area contributed by atoms with Crippen LogP contribution in [0.5, 0.6) is 0 Å². The molecule has 0 aliphatic rings. The van der Waals surface area contributed by atoms with Crippen LogP contribution in [0.15, 0.2) is 0 Å². The van der Waals surface area contributed by atoms with Crippen LogP contribution in [-0.4, -0.2) is 13.6 Å². The van der Waals surface area contributed by atoms with Gasteiger partial charge < -0.3 is 5.32 Å². The summed E-state index contributed by atoms with van der Waals surface area (Å²) >= 11 is 0. The van der Waals surface area contributed by atoms with Gasteiger partial charge in [-0.25, -0.2) is 0 Å². The van der Waals surface area contributed by atoms with Crippen molar-refractivity contribution in [1.82, 2.24) is 5.32 Å². The van der Waals surface area contributed by atoms with Gasteiger partial charge in [0.2, 0.25) is 0 Å². The molecule has 0 rings (SSSR count). The minimum absolute atomic E-state index is 0.862. The Morgan fingerprint density at radius 2 is 1.82 bits per heavy atom. The molecule has 11 heavy (non-hydrogen) atoms. The van der Waals surface area contributed by atoms with Gasteiger partial charge in [0.1, 0.15) is 0 Å². The smallest absolute Gasteiger partial charge is 0.00236 e. The van der Waals surface area contributed by atoms with Gasteiger partial charge in [0.25, 0.3) is 0 Å². The maximum absolute atomic E-state index is 3.24. The van der Waals surface area contributed by atoms with Crippen LogP contribution in [0.3, 0.4) is 0 Å². The van der Waals surface area contributed by atoms with Crippen molar-refractivity contribution in [3.63, 3.8) is 0 Å². The molecular weight excluding hydrogens is 134 g/mol. The predicted octanol–water partition coefficient (Wildman–Crippen LogP) is 2.67. The Morgan fingerprint density at radius 1 is 1.18 bits per heavy atom. The Balaban J connectivity index is 3.35. The number of nitrogens with one attached hydrogen (secondary N) is 1. The molecule has 68 valence electrons. The Morgan fingerprint density at radius 3 is 2.18 bits per heavy atom. The Kier molecular flexibility index (Phi) is 6.63. The quantitative estimate of drug-likeness (QED) is 0.625. The molecule has 0 saturated carbocycles. The fraction of sp³-hybridized carbons (Fsp3) is 1.00. The van der Waals surface area contributed by atoms with Crippen molar-refractivity contribution in [2.75, 3.05) is 13.6 Å². The van der Waals surface area contributed by atoms with E-state index in [1.165, 1.54) is 25.8 Å². The van der Waals surface area contributed by atoms with Crippen molar-refractivity contribution in [3.05, 3.63) is 0 Å². The fourth-order valence-corrected chi connectivity index (χ4v) is 1.31. The Hall–Kier alpha value is -0.0400. The van der Waals surface area contributed by atoms with Crippen LogP contribution in [-0.2, 0) is 0 Å². The molecular formula is C10H23N. The van der Waals surface area contributed by atoms with Crippen LogP contribution in [0.2, 0.25) is 0 Å². The van der Waals surface area contributed by atoms with Crippen molar-refractivity contribution < 1.29 is 0 Å². The topological polar surface area (TPSA) is 12.0 Å². The summed E-state index contributed by atoms with van der Waals surface area (Å²) in [5.41, 5.74) is 0. The summed E-state index contributed by atoms with van der Waals surface area (Å²) in [7, 11) is 2.04. The van der Waals surface area contributed by atoms with Gasteiger partial charge in [-0.2, -0.15) is 0 Å². The molecule has 1 heteroatoms. The predicted molar refractivity (Wildman–Crippen MR) is 51.8 cm³/mol. The highest BCUT2D eigenvalue weighted by atomic mass is 14.8. The maximum Gasteiger partial charge on any atom is -0.00236 e. The minimum Gasteiger partial charge on any atom is -0.319 e. The summed E-state index contributed by atoms with van der Waals surface area (Å²) in [4.78, 5) is 0. The molecule has 0 bridgehead atoms. The molecule has 0 aliphatic heterocycles. The standard InChI is InChI=1S/C10H23N/c1-5-10(8-11-4)7-6-9(2)3/h9-11H,5-8H2,1-4H3. The highest BCUT2D eigenvalue weighted by molar-refractivity contribution is 4.60. The second kappa shape index (κ2) is 6.66. The second-order valence-electron chi connectivity index (χ2n) is 3.80. The van der Waals surface area contributed by atoms with E-state index in [4.69, 9.17) is 0 Å². The van der Waals surface area contributed by atoms with E-state index in [9.17, 15) is 0 Å². The molecule has 0 aromatic heterocycles. The minimum atomic E-state index is 0.862. The Labute approximate surface area is 71.6 Å². The third-order valence-corrected chi connectivity index (χ3v) is 2.22. The third kappa shape index (κ3) is 6.36. The van der Waals surface area contributed by atoms with Crippen molar-refractivity contribution in [2.45, 2.75) is 40.0 Å².